The molecule has 242 valence electrons. The van der Waals surface area contributed by atoms with E-state index < -0.39 is 144 Å². The zero-order chi connectivity index (χ0) is 35.1. The Morgan fingerprint density at radius 2 is 0.674 bits per heavy atom. The van der Waals surface area contributed by atoms with Gasteiger partial charge >= 0.3 is 6.18 Å². The van der Waals surface area contributed by atoms with E-state index in [0.717, 1.165) is 6.07 Å². The quantitative estimate of drug-likeness (QED) is 0.129. The second-order valence-corrected chi connectivity index (χ2v) is 8.83. The summed E-state index contributed by atoms with van der Waals surface area (Å²) in [5.74, 6) is -39.9. The van der Waals surface area contributed by atoms with Crippen LogP contribution in [-0.2, 0) is 6.18 Å². The van der Waals surface area contributed by atoms with Crippen LogP contribution in [0, 0.1) is 92.8 Å². The fraction of sp³-hybridized carbons (Fsp3) is 0.0385. The van der Waals surface area contributed by atoms with Crippen molar-refractivity contribution < 1.29 is 74.6 Å². The molecular weight excluding hydrogens is 677 g/mol. The van der Waals surface area contributed by atoms with E-state index in [0.29, 0.717) is 0 Å². The summed E-state index contributed by atoms with van der Waals surface area (Å²) in [6, 6.07) is 0.835. The van der Waals surface area contributed by atoms with Gasteiger partial charge in [0, 0.05) is 16.7 Å². The van der Waals surface area contributed by atoms with Crippen LogP contribution in [0.2, 0.25) is 0 Å². The zero-order valence-corrected chi connectivity index (χ0v) is 21.0. The van der Waals surface area contributed by atoms with Crippen LogP contribution in [0.15, 0.2) is 16.7 Å². The normalized spacial score (nSPS) is 16.4. The fourth-order valence-corrected chi connectivity index (χ4v) is 4.25. The molecular formula is C26H4F17N3. The van der Waals surface area contributed by atoms with Gasteiger partial charge in [0.05, 0.1) is 33.7 Å². The highest BCUT2D eigenvalue weighted by Crippen LogP contribution is 2.56. The molecule has 0 amide bonds. The molecule has 0 saturated heterocycles. The summed E-state index contributed by atoms with van der Waals surface area (Å²) >= 11 is 0. The second-order valence-electron chi connectivity index (χ2n) is 8.83. The lowest BCUT2D eigenvalue weighted by atomic mass is 10.0. The van der Waals surface area contributed by atoms with Crippen molar-refractivity contribution in [1.82, 2.24) is 0 Å². The molecule has 0 aliphatic heterocycles. The minimum absolute atomic E-state index is 0.835. The molecule has 46 heavy (non-hydrogen) atoms. The molecule has 3 aromatic rings. The Morgan fingerprint density at radius 1 is 0.413 bits per heavy atom. The Kier molecular flexibility index (Phi) is 8.04. The Hall–Kier alpha value is -5.22. The lowest BCUT2D eigenvalue weighted by molar-refractivity contribution is -0.143. The van der Waals surface area contributed by atoms with Gasteiger partial charge in [-0.2, -0.15) is 18.4 Å². The van der Waals surface area contributed by atoms with Gasteiger partial charge in [-0.15, -0.1) is 0 Å². The number of alkyl halides is 3. The summed E-state index contributed by atoms with van der Waals surface area (Å²) in [6.07, 6.45) is -6.10. The average molecular weight is 681 g/mol. The molecule has 0 heterocycles. The molecule has 0 spiro atoms. The molecule has 1 saturated carbocycles. The summed E-state index contributed by atoms with van der Waals surface area (Å²) in [4.78, 5) is 0. The van der Waals surface area contributed by atoms with Gasteiger partial charge in [-0.1, -0.05) is 0 Å². The molecule has 1 aliphatic carbocycles. The Balaban J connectivity index is 2.26. The highest BCUT2D eigenvalue weighted by atomic mass is 19.4. The molecule has 1 aliphatic rings. The van der Waals surface area contributed by atoms with Gasteiger partial charge < -0.3 is 11.5 Å². The molecule has 4 N–H and O–H groups in total. The number of nitrogens with two attached hydrogens (primary N) is 2. The first-order valence-corrected chi connectivity index (χ1v) is 11.3. The minimum atomic E-state index is -6.10. The molecule has 0 bridgehead atoms. The third kappa shape index (κ3) is 4.68. The molecule has 3 aromatic carbocycles. The third-order valence-corrected chi connectivity index (χ3v) is 6.34. The van der Waals surface area contributed by atoms with Crippen molar-refractivity contribution in [3.63, 3.8) is 0 Å². The van der Waals surface area contributed by atoms with E-state index in [2.05, 4.69) is 0 Å². The molecule has 0 radical (unpaired) electrons. The van der Waals surface area contributed by atoms with Crippen LogP contribution in [0.1, 0.15) is 22.3 Å². The predicted octanol–water partition coefficient (Wildman–Crippen LogP) is 7.68. The molecule has 3 nitrogen and oxygen atoms in total. The summed E-state index contributed by atoms with van der Waals surface area (Å²) in [6.45, 7) is 0. The SMILES string of the molecule is N#C/C(=C1\C(=C(N)c2c(F)c(F)c(F)c(F)c2F)\C1=C(\N)c1c(F)c(F)c(C(F)(F)F)c(F)c1F)c1c(F)c(F)c(F)c(F)c1F. The van der Waals surface area contributed by atoms with E-state index in [9.17, 15) is 79.9 Å². The fourth-order valence-electron chi connectivity index (χ4n) is 4.25. The van der Waals surface area contributed by atoms with Gasteiger partial charge in [0.25, 0.3) is 0 Å². The Bertz CT molecular complexity index is 1960. The number of nitriles is 1. The van der Waals surface area contributed by atoms with Crippen molar-refractivity contribution in [1.29, 1.82) is 5.26 Å². The van der Waals surface area contributed by atoms with Crippen molar-refractivity contribution in [2.45, 2.75) is 6.18 Å². The topological polar surface area (TPSA) is 75.8 Å². The van der Waals surface area contributed by atoms with Crippen molar-refractivity contribution in [2.75, 3.05) is 0 Å². The summed E-state index contributed by atoms with van der Waals surface area (Å²) in [5, 5.41) is 9.57. The first-order valence-electron chi connectivity index (χ1n) is 11.3. The van der Waals surface area contributed by atoms with Crippen LogP contribution in [0.5, 0.6) is 0 Å². The van der Waals surface area contributed by atoms with Crippen LogP contribution in [0.25, 0.3) is 17.0 Å². The van der Waals surface area contributed by atoms with Gasteiger partial charge in [-0.25, -0.2) is 61.5 Å². The van der Waals surface area contributed by atoms with Gasteiger partial charge in [0.2, 0.25) is 11.6 Å². The number of nitrogens with zero attached hydrogens (tertiary/aromatic N) is 1. The van der Waals surface area contributed by atoms with Crippen LogP contribution >= 0.6 is 0 Å². The molecule has 0 unspecified atom stereocenters. The monoisotopic (exact) mass is 681 g/mol. The summed E-state index contributed by atoms with van der Waals surface area (Å²) in [5.41, 5.74) is -9.03. The first-order chi connectivity index (χ1) is 21.1. The lowest BCUT2D eigenvalue weighted by Crippen LogP contribution is -2.18. The number of rotatable bonds is 3. The van der Waals surface area contributed by atoms with Crippen molar-refractivity contribution in [3.8, 4) is 6.07 Å². The highest BCUT2D eigenvalue weighted by molar-refractivity contribution is 6.08. The Morgan fingerprint density at radius 3 is 0.957 bits per heavy atom. The molecule has 1 fully saturated rings. The van der Waals surface area contributed by atoms with Crippen molar-refractivity contribution >= 4 is 17.0 Å². The maximum Gasteiger partial charge on any atom is 0.422 e. The number of allylic oxidation sites excluding steroid dienone is 4. The van der Waals surface area contributed by atoms with Crippen LogP contribution < -0.4 is 11.5 Å². The van der Waals surface area contributed by atoms with Gasteiger partial charge in [-0.3, -0.25) is 0 Å². The highest BCUT2D eigenvalue weighted by Gasteiger charge is 2.47. The molecule has 0 aromatic heterocycles. The molecule has 4 rings (SSSR count). The van der Waals surface area contributed by atoms with E-state index in [1.54, 1.807) is 0 Å². The van der Waals surface area contributed by atoms with Crippen molar-refractivity contribution in [3.05, 3.63) is 120 Å². The number of benzene rings is 3. The number of hydrogen-bond acceptors (Lipinski definition) is 3. The van der Waals surface area contributed by atoms with Crippen LogP contribution in [0.3, 0.4) is 0 Å². The largest absolute Gasteiger partial charge is 0.422 e. The lowest BCUT2D eigenvalue weighted by Gasteiger charge is -2.14. The maximum absolute atomic E-state index is 14.8. The van der Waals surface area contributed by atoms with Gasteiger partial charge in [-0.05, 0) is 0 Å². The Labute approximate surface area is 241 Å². The zero-order valence-electron chi connectivity index (χ0n) is 21.0. The van der Waals surface area contributed by atoms with E-state index in [4.69, 9.17) is 11.5 Å². The maximum atomic E-state index is 14.8. The van der Waals surface area contributed by atoms with Gasteiger partial charge in [0.1, 0.15) is 11.6 Å². The first kappa shape index (κ1) is 33.7. The van der Waals surface area contributed by atoms with E-state index >= 15 is 0 Å². The van der Waals surface area contributed by atoms with E-state index in [1.165, 1.54) is 0 Å². The molecule has 0 atom stereocenters. The standard InChI is InChI=1S/C26H4F17N3/c27-10-4(11(28)19(36)22(39)18(10)35)2(1-44)3-5(6(3)25(46)8-14(31)20(37)23(40)21(38)15(8)32)24(45)7-12(29)16(33)9(26(41,42)43)17(34)13(7)30/h45-46H2/b3-2+,24-5+,25-6?. The van der Waals surface area contributed by atoms with Crippen LogP contribution in [-0.4, -0.2) is 0 Å². The second kappa shape index (κ2) is 11.0. The number of hydrogen-bond donors (Lipinski definition) is 2. The molecule has 20 heteroatoms. The minimum Gasteiger partial charge on any atom is -0.398 e. The van der Waals surface area contributed by atoms with Crippen molar-refractivity contribution in [2.24, 2.45) is 11.5 Å². The smallest absolute Gasteiger partial charge is 0.398 e. The third-order valence-electron chi connectivity index (χ3n) is 6.34. The van der Waals surface area contributed by atoms with E-state index in [-0.39, 0.29) is 0 Å². The van der Waals surface area contributed by atoms with Gasteiger partial charge in [0.15, 0.2) is 69.8 Å². The summed E-state index contributed by atoms with van der Waals surface area (Å²) < 4.78 is 238. The average Bonchev–Trinajstić information content (AvgIpc) is 3.72. The number of halogens is 17. The summed E-state index contributed by atoms with van der Waals surface area (Å²) in [7, 11) is 0. The van der Waals surface area contributed by atoms with E-state index in [1.807, 2.05) is 0 Å². The van der Waals surface area contributed by atoms with Crippen LogP contribution in [0.4, 0.5) is 74.6 Å². The predicted molar refractivity (Wildman–Crippen MR) is 118 cm³/mol.